The monoisotopic (exact) mass is 316 g/mol. The number of aromatic nitrogens is 1. The molecule has 1 N–H and O–H groups in total. The summed E-state index contributed by atoms with van der Waals surface area (Å²) >= 11 is 1.64. The molecule has 0 spiro atoms. The summed E-state index contributed by atoms with van der Waals surface area (Å²) in [6, 6.07) is 8.38. The smallest absolute Gasteiger partial charge is 0.249 e. The molecular weight excluding hydrogens is 296 g/mol. The van der Waals surface area contributed by atoms with Crippen molar-refractivity contribution in [3.63, 3.8) is 0 Å². The van der Waals surface area contributed by atoms with Crippen LogP contribution < -0.4 is 5.32 Å². The van der Waals surface area contributed by atoms with Gasteiger partial charge < -0.3 is 10.1 Å². The Labute approximate surface area is 134 Å². The van der Waals surface area contributed by atoms with Crippen molar-refractivity contribution < 1.29 is 9.53 Å². The molecule has 1 aliphatic heterocycles. The fourth-order valence-electron chi connectivity index (χ4n) is 2.46. The van der Waals surface area contributed by atoms with E-state index in [9.17, 15) is 4.79 Å². The minimum atomic E-state index is -0.251. The van der Waals surface area contributed by atoms with Crippen LogP contribution in [-0.2, 0) is 16.0 Å². The Morgan fingerprint density at radius 3 is 2.95 bits per heavy atom. The highest BCUT2D eigenvalue weighted by atomic mass is 32.1. The Hall–Kier alpha value is -1.72. The summed E-state index contributed by atoms with van der Waals surface area (Å²) in [6.07, 6.45) is 2.31. The van der Waals surface area contributed by atoms with Crippen molar-refractivity contribution in [3.05, 3.63) is 40.9 Å². The van der Waals surface area contributed by atoms with Crippen LogP contribution in [0, 0.1) is 6.92 Å². The highest BCUT2D eigenvalue weighted by molar-refractivity contribution is 7.13. The van der Waals surface area contributed by atoms with E-state index in [1.54, 1.807) is 11.3 Å². The maximum Gasteiger partial charge on any atom is 0.249 e. The third kappa shape index (κ3) is 3.72. The molecule has 1 aromatic carbocycles. The molecule has 2 heterocycles. The molecule has 5 heteroatoms. The van der Waals surface area contributed by atoms with Gasteiger partial charge >= 0.3 is 0 Å². The molecule has 1 fully saturated rings. The van der Waals surface area contributed by atoms with E-state index < -0.39 is 0 Å². The predicted octanol–water partition coefficient (Wildman–Crippen LogP) is 2.96. The molecule has 22 heavy (non-hydrogen) atoms. The third-order valence-corrected chi connectivity index (χ3v) is 4.69. The number of nitrogens with zero attached hydrogens (tertiary/aromatic N) is 1. The third-order valence-electron chi connectivity index (χ3n) is 3.75. The standard InChI is InChI=1S/C17H20N2O2S/c1-12-4-6-13(7-5-12)17-19-14(11-22-17)8-9-18-16(20)15-3-2-10-21-15/h4-7,11,15H,2-3,8-10H2,1H3,(H,18,20)/t15-/m1/s1. The zero-order valence-corrected chi connectivity index (χ0v) is 13.5. The fraction of sp³-hybridized carbons (Fsp3) is 0.412. The van der Waals surface area contributed by atoms with Crippen molar-refractivity contribution in [2.45, 2.75) is 32.3 Å². The summed E-state index contributed by atoms with van der Waals surface area (Å²) in [5, 5.41) is 6.02. The molecule has 1 atom stereocenters. The van der Waals surface area contributed by atoms with Crippen LogP contribution in [0.5, 0.6) is 0 Å². The minimum absolute atomic E-state index is 0.00601. The molecule has 0 aliphatic carbocycles. The molecule has 1 aliphatic rings. The van der Waals surface area contributed by atoms with Crippen molar-refractivity contribution in [2.75, 3.05) is 13.2 Å². The van der Waals surface area contributed by atoms with Crippen LogP contribution in [0.2, 0.25) is 0 Å². The first-order valence-electron chi connectivity index (χ1n) is 7.63. The quantitative estimate of drug-likeness (QED) is 0.922. The van der Waals surface area contributed by atoms with Crippen LogP contribution >= 0.6 is 11.3 Å². The molecule has 0 radical (unpaired) electrons. The fourth-order valence-corrected chi connectivity index (χ4v) is 3.32. The second-order valence-corrected chi connectivity index (χ2v) is 6.41. The highest BCUT2D eigenvalue weighted by Gasteiger charge is 2.22. The van der Waals surface area contributed by atoms with E-state index in [0.717, 1.165) is 35.5 Å². The Kier molecular flexibility index (Phi) is 4.85. The molecule has 0 saturated carbocycles. The van der Waals surface area contributed by atoms with E-state index in [1.807, 2.05) is 0 Å². The molecule has 0 unspecified atom stereocenters. The molecule has 1 amide bonds. The van der Waals surface area contributed by atoms with Gasteiger partial charge in [-0.1, -0.05) is 29.8 Å². The molecule has 3 rings (SSSR count). The van der Waals surface area contributed by atoms with Gasteiger partial charge in [0.15, 0.2) is 0 Å². The maximum atomic E-state index is 11.8. The van der Waals surface area contributed by atoms with Gasteiger partial charge in [-0.05, 0) is 19.8 Å². The van der Waals surface area contributed by atoms with Crippen LogP contribution in [0.4, 0.5) is 0 Å². The largest absolute Gasteiger partial charge is 0.368 e. The lowest BCUT2D eigenvalue weighted by Gasteiger charge is -2.09. The number of rotatable bonds is 5. The maximum absolute atomic E-state index is 11.8. The predicted molar refractivity (Wildman–Crippen MR) is 88.0 cm³/mol. The lowest BCUT2D eigenvalue weighted by Crippen LogP contribution is -2.35. The first kappa shape index (κ1) is 15.2. The zero-order valence-electron chi connectivity index (χ0n) is 12.7. The Balaban J connectivity index is 1.51. The molecule has 116 valence electrons. The van der Waals surface area contributed by atoms with E-state index in [2.05, 4.69) is 46.9 Å². The van der Waals surface area contributed by atoms with Crippen LogP contribution in [0.25, 0.3) is 10.6 Å². The zero-order chi connectivity index (χ0) is 15.4. The number of ether oxygens (including phenoxy) is 1. The van der Waals surface area contributed by atoms with Gasteiger partial charge in [-0.25, -0.2) is 4.98 Å². The van der Waals surface area contributed by atoms with Crippen molar-refractivity contribution >= 4 is 17.2 Å². The van der Waals surface area contributed by atoms with Crippen molar-refractivity contribution in [2.24, 2.45) is 0 Å². The van der Waals surface area contributed by atoms with Gasteiger partial charge in [0.25, 0.3) is 0 Å². The lowest BCUT2D eigenvalue weighted by molar-refractivity contribution is -0.129. The van der Waals surface area contributed by atoms with E-state index in [-0.39, 0.29) is 12.0 Å². The molecular formula is C17H20N2O2S. The molecule has 1 saturated heterocycles. The number of hydrogen-bond donors (Lipinski definition) is 1. The number of nitrogens with one attached hydrogen (secondary N) is 1. The van der Waals surface area contributed by atoms with Gasteiger partial charge in [-0.3, -0.25) is 4.79 Å². The van der Waals surface area contributed by atoms with E-state index >= 15 is 0 Å². The van der Waals surface area contributed by atoms with E-state index in [0.29, 0.717) is 13.2 Å². The number of carbonyl (C=O) groups is 1. The van der Waals surface area contributed by atoms with Gasteiger partial charge in [-0.2, -0.15) is 0 Å². The van der Waals surface area contributed by atoms with Crippen molar-refractivity contribution in [3.8, 4) is 10.6 Å². The summed E-state index contributed by atoms with van der Waals surface area (Å²) in [7, 11) is 0. The van der Waals surface area contributed by atoms with Gasteiger partial charge in [-0.15, -0.1) is 11.3 Å². The highest BCUT2D eigenvalue weighted by Crippen LogP contribution is 2.24. The summed E-state index contributed by atoms with van der Waals surface area (Å²) in [5.74, 6) is 0.00601. The Morgan fingerprint density at radius 1 is 1.41 bits per heavy atom. The Morgan fingerprint density at radius 2 is 2.23 bits per heavy atom. The topological polar surface area (TPSA) is 51.2 Å². The van der Waals surface area contributed by atoms with Crippen molar-refractivity contribution in [1.29, 1.82) is 0 Å². The summed E-state index contributed by atoms with van der Waals surface area (Å²) in [6.45, 7) is 3.38. The van der Waals surface area contributed by atoms with Crippen LogP contribution in [0.1, 0.15) is 24.1 Å². The minimum Gasteiger partial charge on any atom is -0.368 e. The normalized spacial score (nSPS) is 17.6. The summed E-state index contributed by atoms with van der Waals surface area (Å²) < 4.78 is 5.36. The van der Waals surface area contributed by atoms with E-state index in [1.165, 1.54) is 5.56 Å². The van der Waals surface area contributed by atoms with Crippen molar-refractivity contribution in [1.82, 2.24) is 10.3 Å². The van der Waals surface area contributed by atoms with Crippen LogP contribution in [0.15, 0.2) is 29.6 Å². The first-order chi connectivity index (χ1) is 10.7. The number of aryl methyl sites for hydroxylation is 1. The first-order valence-corrected chi connectivity index (χ1v) is 8.51. The number of benzene rings is 1. The summed E-state index contributed by atoms with van der Waals surface area (Å²) in [4.78, 5) is 16.5. The SMILES string of the molecule is Cc1ccc(-c2nc(CCNC(=O)[C@H]3CCCO3)cs2)cc1. The summed E-state index contributed by atoms with van der Waals surface area (Å²) in [5.41, 5.74) is 3.41. The molecule has 1 aromatic heterocycles. The van der Waals surface area contributed by atoms with Crippen LogP contribution in [-0.4, -0.2) is 30.1 Å². The average Bonchev–Trinajstić information content (AvgIpc) is 3.19. The number of carbonyl (C=O) groups excluding carboxylic acids is 1. The molecule has 2 aromatic rings. The van der Waals surface area contributed by atoms with Gasteiger partial charge in [0, 0.05) is 30.5 Å². The van der Waals surface area contributed by atoms with Crippen LogP contribution in [0.3, 0.4) is 0 Å². The Bertz CT molecular complexity index is 630. The van der Waals surface area contributed by atoms with E-state index in [4.69, 9.17) is 4.74 Å². The van der Waals surface area contributed by atoms with Gasteiger partial charge in [0.05, 0.1) is 5.69 Å². The second kappa shape index (κ2) is 7.03. The van der Waals surface area contributed by atoms with Gasteiger partial charge in [0.2, 0.25) is 5.91 Å². The average molecular weight is 316 g/mol. The molecule has 0 bridgehead atoms. The van der Waals surface area contributed by atoms with Gasteiger partial charge in [0.1, 0.15) is 11.1 Å². The second-order valence-electron chi connectivity index (χ2n) is 5.55. The number of thiazole rings is 1. The lowest BCUT2D eigenvalue weighted by atomic mass is 10.2. The number of amides is 1. The molecule has 4 nitrogen and oxygen atoms in total. The number of hydrogen-bond acceptors (Lipinski definition) is 4.